The van der Waals surface area contributed by atoms with Crippen LogP contribution in [-0.4, -0.2) is 6.54 Å². The third-order valence-corrected chi connectivity index (χ3v) is 3.83. The van der Waals surface area contributed by atoms with E-state index in [9.17, 15) is 5.26 Å². The largest absolute Gasteiger partial charge is 0.309 e. The zero-order valence-corrected chi connectivity index (χ0v) is 13.0. The van der Waals surface area contributed by atoms with Gasteiger partial charge in [0.05, 0.1) is 12.0 Å². The fraction of sp³-hybridized carbons (Fsp3) is 0.235. The van der Waals surface area contributed by atoms with E-state index in [1.165, 1.54) is 5.56 Å². The fourth-order valence-electron chi connectivity index (χ4n) is 2.11. The Kier molecular flexibility index (Phi) is 5.34. The van der Waals surface area contributed by atoms with Crippen LogP contribution in [-0.2, 0) is 0 Å². The molecule has 0 heterocycles. The van der Waals surface area contributed by atoms with Crippen molar-refractivity contribution in [3.05, 3.63) is 70.2 Å². The Morgan fingerprint density at radius 1 is 1.10 bits per heavy atom. The second-order valence-corrected chi connectivity index (χ2v) is 5.69. The number of hydrogen-bond acceptors (Lipinski definition) is 2. The molecule has 1 unspecified atom stereocenters. The van der Waals surface area contributed by atoms with Crippen LogP contribution in [0.1, 0.15) is 30.0 Å². The Hall–Kier alpha value is -1.63. The predicted octanol–water partition coefficient (Wildman–Crippen LogP) is 4.41. The van der Waals surface area contributed by atoms with Gasteiger partial charge >= 0.3 is 0 Å². The normalized spacial score (nSPS) is 13.4. The molecule has 20 heavy (non-hydrogen) atoms. The zero-order chi connectivity index (χ0) is 14.4. The molecule has 1 N–H and O–H groups in total. The first-order valence-electron chi connectivity index (χ1n) is 6.64. The van der Waals surface area contributed by atoms with Crippen molar-refractivity contribution in [2.45, 2.75) is 18.9 Å². The molecule has 0 amide bonds. The van der Waals surface area contributed by atoms with Crippen molar-refractivity contribution in [1.82, 2.24) is 5.32 Å². The van der Waals surface area contributed by atoms with Crippen LogP contribution in [0.3, 0.4) is 0 Å². The molecule has 3 heteroatoms. The van der Waals surface area contributed by atoms with Crippen molar-refractivity contribution in [1.29, 1.82) is 5.26 Å². The Morgan fingerprint density at radius 2 is 1.80 bits per heavy atom. The molecule has 0 bridgehead atoms. The van der Waals surface area contributed by atoms with Crippen molar-refractivity contribution >= 4 is 15.9 Å². The molecular formula is C17H17BrN2. The molecule has 0 aliphatic rings. The standard InChI is InChI=1S/C17H17BrN2/c1-13(15-8-5-9-17(18)10-15)20-12-16(11-19)14-6-3-2-4-7-14/h2-10,13,16,20H,12H2,1H3/t13-,16?/m1/s1. The minimum Gasteiger partial charge on any atom is -0.309 e. The summed E-state index contributed by atoms with van der Waals surface area (Å²) in [6, 6.07) is 20.7. The maximum atomic E-state index is 9.31. The van der Waals surface area contributed by atoms with Crippen LogP contribution in [0.25, 0.3) is 0 Å². The van der Waals surface area contributed by atoms with Crippen LogP contribution in [0.4, 0.5) is 0 Å². The number of nitrogens with one attached hydrogen (secondary N) is 1. The van der Waals surface area contributed by atoms with Gasteiger partial charge in [-0.25, -0.2) is 0 Å². The highest BCUT2D eigenvalue weighted by molar-refractivity contribution is 9.10. The minimum absolute atomic E-state index is 0.120. The maximum absolute atomic E-state index is 9.31. The molecule has 0 fully saturated rings. The van der Waals surface area contributed by atoms with Gasteiger partial charge in [-0.05, 0) is 30.2 Å². The van der Waals surface area contributed by atoms with Gasteiger partial charge in [-0.15, -0.1) is 0 Å². The highest BCUT2D eigenvalue weighted by Crippen LogP contribution is 2.19. The Labute approximate surface area is 128 Å². The van der Waals surface area contributed by atoms with Crippen LogP contribution < -0.4 is 5.32 Å². The van der Waals surface area contributed by atoms with Gasteiger partial charge in [0, 0.05) is 17.1 Å². The topological polar surface area (TPSA) is 35.8 Å². The fourth-order valence-corrected chi connectivity index (χ4v) is 2.53. The van der Waals surface area contributed by atoms with Gasteiger partial charge in [-0.1, -0.05) is 58.4 Å². The second kappa shape index (κ2) is 7.23. The van der Waals surface area contributed by atoms with Gasteiger partial charge in [-0.3, -0.25) is 0 Å². The molecule has 0 saturated heterocycles. The van der Waals surface area contributed by atoms with E-state index in [4.69, 9.17) is 0 Å². The molecule has 2 nitrogen and oxygen atoms in total. The summed E-state index contributed by atoms with van der Waals surface area (Å²) in [4.78, 5) is 0. The molecule has 2 rings (SSSR count). The van der Waals surface area contributed by atoms with E-state index < -0.39 is 0 Å². The summed E-state index contributed by atoms with van der Waals surface area (Å²) >= 11 is 3.48. The molecule has 2 aromatic rings. The van der Waals surface area contributed by atoms with E-state index >= 15 is 0 Å². The summed E-state index contributed by atoms with van der Waals surface area (Å²) in [7, 11) is 0. The van der Waals surface area contributed by atoms with Crippen LogP contribution in [0.15, 0.2) is 59.1 Å². The van der Waals surface area contributed by atoms with Crippen molar-refractivity contribution in [3.8, 4) is 6.07 Å². The molecule has 102 valence electrons. The van der Waals surface area contributed by atoms with Crippen molar-refractivity contribution in [2.24, 2.45) is 0 Å². The van der Waals surface area contributed by atoms with E-state index in [0.29, 0.717) is 6.54 Å². The molecule has 2 aromatic carbocycles. The zero-order valence-electron chi connectivity index (χ0n) is 11.4. The monoisotopic (exact) mass is 328 g/mol. The predicted molar refractivity (Wildman–Crippen MR) is 85.4 cm³/mol. The lowest BCUT2D eigenvalue weighted by molar-refractivity contribution is 0.558. The van der Waals surface area contributed by atoms with Gasteiger partial charge in [0.25, 0.3) is 0 Å². The smallest absolute Gasteiger partial charge is 0.0837 e. The Bertz CT molecular complexity index is 589. The molecule has 0 saturated carbocycles. The minimum atomic E-state index is -0.120. The van der Waals surface area contributed by atoms with E-state index in [-0.39, 0.29) is 12.0 Å². The number of hydrogen-bond donors (Lipinski definition) is 1. The van der Waals surface area contributed by atoms with E-state index in [1.54, 1.807) is 0 Å². The van der Waals surface area contributed by atoms with Crippen molar-refractivity contribution in [2.75, 3.05) is 6.54 Å². The van der Waals surface area contributed by atoms with Gasteiger partial charge in [0.2, 0.25) is 0 Å². The molecule has 2 atom stereocenters. The van der Waals surface area contributed by atoms with Gasteiger partial charge in [0.15, 0.2) is 0 Å². The van der Waals surface area contributed by atoms with Crippen LogP contribution in [0.5, 0.6) is 0 Å². The van der Waals surface area contributed by atoms with Crippen LogP contribution in [0.2, 0.25) is 0 Å². The Balaban J connectivity index is 1.99. The quantitative estimate of drug-likeness (QED) is 0.882. The number of benzene rings is 2. The second-order valence-electron chi connectivity index (χ2n) is 4.78. The lowest BCUT2D eigenvalue weighted by atomic mass is 10.00. The van der Waals surface area contributed by atoms with E-state index in [0.717, 1.165) is 10.0 Å². The Morgan fingerprint density at radius 3 is 2.45 bits per heavy atom. The average molecular weight is 329 g/mol. The number of nitrogens with zero attached hydrogens (tertiary/aromatic N) is 1. The molecule has 0 aliphatic carbocycles. The van der Waals surface area contributed by atoms with E-state index in [2.05, 4.69) is 46.4 Å². The lowest BCUT2D eigenvalue weighted by Crippen LogP contribution is -2.24. The third kappa shape index (κ3) is 3.93. The summed E-state index contributed by atoms with van der Waals surface area (Å²) in [5.74, 6) is -0.120. The summed E-state index contributed by atoms with van der Waals surface area (Å²) in [6.07, 6.45) is 0. The first-order valence-corrected chi connectivity index (χ1v) is 7.43. The third-order valence-electron chi connectivity index (χ3n) is 3.33. The number of rotatable bonds is 5. The molecule has 0 aliphatic heterocycles. The lowest BCUT2D eigenvalue weighted by Gasteiger charge is -2.17. The summed E-state index contributed by atoms with van der Waals surface area (Å²) in [6.45, 7) is 2.76. The molecular weight excluding hydrogens is 312 g/mol. The van der Waals surface area contributed by atoms with Crippen LogP contribution in [0, 0.1) is 11.3 Å². The van der Waals surface area contributed by atoms with Gasteiger partial charge in [0.1, 0.15) is 0 Å². The molecule has 0 aromatic heterocycles. The number of nitriles is 1. The highest BCUT2D eigenvalue weighted by atomic mass is 79.9. The first kappa shape index (κ1) is 14.8. The average Bonchev–Trinajstić information content (AvgIpc) is 2.49. The maximum Gasteiger partial charge on any atom is 0.0837 e. The molecule has 0 spiro atoms. The molecule has 0 radical (unpaired) electrons. The summed E-state index contributed by atoms with van der Waals surface area (Å²) in [5.41, 5.74) is 2.27. The first-order chi connectivity index (χ1) is 9.70. The van der Waals surface area contributed by atoms with E-state index in [1.807, 2.05) is 42.5 Å². The van der Waals surface area contributed by atoms with Gasteiger partial charge in [-0.2, -0.15) is 5.26 Å². The summed E-state index contributed by atoms with van der Waals surface area (Å²) < 4.78 is 1.07. The van der Waals surface area contributed by atoms with Crippen molar-refractivity contribution in [3.63, 3.8) is 0 Å². The van der Waals surface area contributed by atoms with Crippen molar-refractivity contribution < 1.29 is 0 Å². The van der Waals surface area contributed by atoms with Gasteiger partial charge < -0.3 is 5.32 Å². The van der Waals surface area contributed by atoms with Crippen LogP contribution >= 0.6 is 15.9 Å². The summed E-state index contributed by atoms with van der Waals surface area (Å²) in [5, 5.41) is 12.7. The number of halogens is 1. The SMILES string of the molecule is C[C@@H](NCC(C#N)c1ccccc1)c1cccc(Br)c1. The highest BCUT2D eigenvalue weighted by Gasteiger charge is 2.12.